The second kappa shape index (κ2) is 7.07. The third kappa shape index (κ3) is 4.19. The molecule has 2 rings (SSSR count). The van der Waals surface area contributed by atoms with E-state index in [0.29, 0.717) is 6.54 Å². The van der Waals surface area contributed by atoms with E-state index < -0.39 is 0 Å². The number of aryl methyl sites for hydroxylation is 2. The van der Waals surface area contributed by atoms with E-state index in [2.05, 4.69) is 17.2 Å². The maximum atomic E-state index is 12.1. The fraction of sp³-hybridized carbons (Fsp3) is 0.235. The minimum absolute atomic E-state index is 0.0527. The summed E-state index contributed by atoms with van der Waals surface area (Å²) in [7, 11) is 0. The molecule has 0 unspecified atom stereocenters. The first-order valence-corrected chi connectivity index (χ1v) is 7.45. The minimum Gasteiger partial charge on any atom is -0.384 e. The zero-order valence-electron chi connectivity index (χ0n) is 12.1. The first-order valence-electron chi connectivity index (χ1n) is 6.64. The van der Waals surface area contributed by atoms with Crippen molar-refractivity contribution in [3.8, 4) is 11.8 Å². The molecule has 1 amide bonds. The molecule has 21 heavy (non-hydrogen) atoms. The number of hydrogen-bond acceptors (Lipinski definition) is 3. The van der Waals surface area contributed by atoms with Crippen LogP contribution in [0.1, 0.15) is 31.2 Å². The van der Waals surface area contributed by atoms with Crippen LogP contribution in [0.25, 0.3) is 0 Å². The fourth-order valence-corrected chi connectivity index (χ4v) is 2.81. The molecular formula is C17H17NO2S. The van der Waals surface area contributed by atoms with Crippen LogP contribution >= 0.6 is 11.3 Å². The average molecular weight is 299 g/mol. The van der Waals surface area contributed by atoms with Crippen molar-refractivity contribution in [3.05, 3.63) is 56.8 Å². The van der Waals surface area contributed by atoms with Crippen molar-refractivity contribution in [1.82, 2.24) is 5.32 Å². The lowest BCUT2D eigenvalue weighted by Crippen LogP contribution is -2.21. The zero-order chi connectivity index (χ0) is 15.2. The Morgan fingerprint density at radius 2 is 2.14 bits per heavy atom. The number of amides is 1. The SMILES string of the molecule is Cc1cc(C(=O)NCc2cccc(C#CCO)c2)sc1C. The van der Waals surface area contributed by atoms with Gasteiger partial charge in [-0.05, 0) is 43.2 Å². The molecule has 0 fully saturated rings. The van der Waals surface area contributed by atoms with Gasteiger partial charge in [0, 0.05) is 17.0 Å². The molecule has 3 nitrogen and oxygen atoms in total. The lowest BCUT2D eigenvalue weighted by atomic mass is 10.1. The van der Waals surface area contributed by atoms with Gasteiger partial charge in [0.05, 0.1) is 4.88 Å². The Kier molecular flexibility index (Phi) is 5.15. The standard InChI is InChI=1S/C17H17NO2S/c1-12-9-16(21-13(12)2)17(20)18-11-15-6-3-5-14(10-15)7-4-8-19/h3,5-6,9-10,19H,8,11H2,1-2H3,(H,18,20). The molecular weight excluding hydrogens is 282 g/mol. The number of hydrogen-bond donors (Lipinski definition) is 2. The molecule has 1 aromatic heterocycles. The lowest BCUT2D eigenvalue weighted by Gasteiger charge is -2.04. The summed E-state index contributed by atoms with van der Waals surface area (Å²) >= 11 is 1.51. The fourth-order valence-electron chi connectivity index (χ4n) is 1.86. The highest BCUT2D eigenvalue weighted by Crippen LogP contribution is 2.20. The molecule has 2 aromatic rings. The van der Waals surface area contributed by atoms with E-state index in [9.17, 15) is 4.79 Å². The Bertz CT molecular complexity index is 688. The van der Waals surface area contributed by atoms with Crippen LogP contribution < -0.4 is 5.32 Å². The van der Waals surface area contributed by atoms with Gasteiger partial charge in [0.25, 0.3) is 5.91 Å². The number of aliphatic hydroxyl groups excluding tert-OH is 1. The number of carbonyl (C=O) groups is 1. The third-order valence-corrected chi connectivity index (χ3v) is 4.23. The summed E-state index contributed by atoms with van der Waals surface area (Å²) in [5.74, 6) is 5.41. The molecule has 0 saturated carbocycles. The number of rotatable bonds is 3. The molecule has 4 heteroatoms. The second-order valence-electron chi connectivity index (χ2n) is 4.69. The number of benzene rings is 1. The molecule has 108 valence electrons. The van der Waals surface area contributed by atoms with Gasteiger partial charge in [-0.1, -0.05) is 24.0 Å². The van der Waals surface area contributed by atoms with E-state index in [-0.39, 0.29) is 12.5 Å². The molecule has 0 bridgehead atoms. The van der Waals surface area contributed by atoms with Gasteiger partial charge in [-0.2, -0.15) is 0 Å². The van der Waals surface area contributed by atoms with Crippen molar-refractivity contribution in [2.75, 3.05) is 6.61 Å². The highest BCUT2D eigenvalue weighted by Gasteiger charge is 2.09. The van der Waals surface area contributed by atoms with Crippen LogP contribution in [0.4, 0.5) is 0 Å². The summed E-state index contributed by atoms with van der Waals surface area (Å²) < 4.78 is 0. The number of aliphatic hydroxyl groups is 1. The Hall–Kier alpha value is -2.09. The second-order valence-corrected chi connectivity index (χ2v) is 5.95. The summed E-state index contributed by atoms with van der Waals surface area (Å²) in [5, 5.41) is 11.6. The Morgan fingerprint density at radius 3 is 2.81 bits per heavy atom. The van der Waals surface area contributed by atoms with Crippen LogP contribution in [-0.4, -0.2) is 17.6 Å². The van der Waals surface area contributed by atoms with E-state index in [4.69, 9.17) is 5.11 Å². The molecule has 0 atom stereocenters. The van der Waals surface area contributed by atoms with E-state index >= 15 is 0 Å². The Labute approximate surface area is 128 Å². The summed E-state index contributed by atoms with van der Waals surface area (Å²) in [6.07, 6.45) is 0. The molecule has 1 heterocycles. The molecule has 0 aliphatic rings. The number of thiophene rings is 1. The predicted octanol–water partition coefficient (Wildman–Crippen LogP) is 2.64. The van der Waals surface area contributed by atoms with Crippen molar-refractivity contribution in [3.63, 3.8) is 0 Å². The van der Waals surface area contributed by atoms with E-state index in [1.165, 1.54) is 16.2 Å². The zero-order valence-corrected chi connectivity index (χ0v) is 12.9. The van der Waals surface area contributed by atoms with Gasteiger partial charge in [0.1, 0.15) is 6.61 Å². The first-order chi connectivity index (χ1) is 10.1. The van der Waals surface area contributed by atoms with Crippen LogP contribution in [0.2, 0.25) is 0 Å². The largest absolute Gasteiger partial charge is 0.384 e. The van der Waals surface area contributed by atoms with E-state index in [1.807, 2.05) is 44.2 Å². The molecule has 0 radical (unpaired) electrons. The number of nitrogens with one attached hydrogen (secondary N) is 1. The van der Waals surface area contributed by atoms with Gasteiger partial charge in [-0.15, -0.1) is 11.3 Å². The van der Waals surface area contributed by atoms with Crippen molar-refractivity contribution in [2.45, 2.75) is 20.4 Å². The molecule has 2 N–H and O–H groups in total. The van der Waals surface area contributed by atoms with Gasteiger partial charge in [0.15, 0.2) is 0 Å². The maximum Gasteiger partial charge on any atom is 0.261 e. The van der Waals surface area contributed by atoms with Crippen LogP contribution in [0, 0.1) is 25.7 Å². The van der Waals surface area contributed by atoms with Crippen LogP contribution in [-0.2, 0) is 6.54 Å². The van der Waals surface area contributed by atoms with Crippen LogP contribution in [0.15, 0.2) is 30.3 Å². The maximum absolute atomic E-state index is 12.1. The minimum atomic E-state index is -0.155. The molecule has 0 aliphatic carbocycles. The van der Waals surface area contributed by atoms with Crippen molar-refractivity contribution >= 4 is 17.2 Å². The molecule has 0 spiro atoms. The summed E-state index contributed by atoms with van der Waals surface area (Å²) in [5.41, 5.74) is 2.96. The van der Waals surface area contributed by atoms with Crippen molar-refractivity contribution < 1.29 is 9.90 Å². The topological polar surface area (TPSA) is 49.3 Å². The molecule has 0 saturated heterocycles. The van der Waals surface area contributed by atoms with Gasteiger partial charge in [-0.25, -0.2) is 0 Å². The smallest absolute Gasteiger partial charge is 0.261 e. The summed E-state index contributed by atoms with van der Waals surface area (Å²) in [4.78, 5) is 14.0. The van der Waals surface area contributed by atoms with Gasteiger partial charge < -0.3 is 10.4 Å². The summed E-state index contributed by atoms with van der Waals surface area (Å²) in [6, 6.07) is 9.53. The summed E-state index contributed by atoms with van der Waals surface area (Å²) in [6.45, 7) is 4.33. The third-order valence-electron chi connectivity index (χ3n) is 3.08. The molecule has 0 aliphatic heterocycles. The van der Waals surface area contributed by atoms with Gasteiger partial charge >= 0.3 is 0 Å². The van der Waals surface area contributed by atoms with Crippen molar-refractivity contribution in [2.24, 2.45) is 0 Å². The Morgan fingerprint density at radius 1 is 1.33 bits per heavy atom. The normalized spacial score (nSPS) is 9.86. The van der Waals surface area contributed by atoms with E-state index in [0.717, 1.165) is 21.6 Å². The lowest BCUT2D eigenvalue weighted by molar-refractivity contribution is 0.0955. The monoisotopic (exact) mass is 299 g/mol. The van der Waals surface area contributed by atoms with Gasteiger partial charge in [-0.3, -0.25) is 4.79 Å². The Balaban J connectivity index is 2.01. The van der Waals surface area contributed by atoms with E-state index in [1.54, 1.807) is 0 Å². The number of carbonyl (C=O) groups excluding carboxylic acids is 1. The van der Waals surface area contributed by atoms with Crippen molar-refractivity contribution in [1.29, 1.82) is 0 Å². The molecule has 1 aromatic carbocycles. The van der Waals surface area contributed by atoms with Crippen LogP contribution in [0.3, 0.4) is 0 Å². The average Bonchev–Trinajstić information content (AvgIpc) is 2.83. The quantitative estimate of drug-likeness (QED) is 0.856. The first kappa shape index (κ1) is 15.3. The van der Waals surface area contributed by atoms with Gasteiger partial charge in [0.2, 0.25) is 0 Å². The highest BCUT2D eigenvalue weighted by atomic mass is 32.1. The van der Waals surface area contributed by atoms with Crippen LogP contribution in [0.5, 0.6) is 0 Å². The highest BCUT2D eigenvalue weighted by molar-refractivity contribution is 7.14. The predicted molar refractivity (Wildman–Crippen MR) is 85.4 cm³/mol.